The zero-order valence-corrected chi connectivity index (χ0v) is 10.9. The van der Waals surface area contributed by atoms with E-state index in [4.69, 9.17) is 9.47 Å². The van der Waals surface area contributed by atoms with Gasteiger partial charge in [-0.25, -0.2) is 0 Å². The Hall–Kier alpha value is -1.06. The van der Waals surface area contributed by atoms with Crippen LogP contribution in [0.15, 0.2) is 24.3 Å². The van der Waals surface area contributed by atoms with Gasteiger partial charge in [-0.3, -0.25) is 0 Å². The van der Waals surface area contributed by atoms with Crippen molar-refractivity contribution in [3.63, 3.8) is 0 Å². The molecular formula is C14H23NO2. The SMILES string of the molecule is COCCCCCNCc1ccccc1OC. The van der Waals surface area contributed by atoms with Gasteiger partial charge in [-0.1, -0.05) is 18.2 Å². The smallest absolute Gasteiger partial charge is 0.123 e. The van der Waals surface area contributed by atoms with Gasteiger partial charge >= 0.3 is 0 Å². The maximum Gasteiger partial charge on any atom is 0.123 e. The standard InChI is InChI=1S/C14H23NO2/c1-16-11-7-3-6-10-15-12-13-8-4-5-9-14(13)17-2/h4-5,8-9,15H,3,6-7,10-12H2,1-2H3. The summed E-state index contributed by atoms with van der Waals surface area (Å²) >= 11 is 0. The molecule has 17 heavy (non-hydrogen) atoms. The minimum Gasteiger partial charge on any atom is -0.496 e. The molecule has 0 heterocycles. The van der Waals surface area contributed by atoms with Crippen molar-refractivity contribution >= 4 is 0 Å². The van der Waals surface area contributed by atoms with Crippen LogP contribution < -0.4 is 10.1 Å². The summed E-state index contributed by atoms with van der Waals surface area (Å²) in [7, 11) is 3.46. The molecule has 0 saturated carbocycles. The lowest BCUT2D eigenvalue weighted by molar-refractivity contribution is 0.192. The summed E-state index contributed by atoms with van der Waals surface area (Å²) in [6.07, 6.45) is 3.55. The number of nitrogens with one attached hydrogen (secondary N) is 1. The van der Waals surface area contributed by atoms with Crippen LogP contribution in [0.1, 0.15) is 24.8 Å². The number of unbranched alkanes of at least 4 members (excludes halogenated alkanes) is 2. The molecule has 0 aliphatic heterocycles. The second-order valence-electron chi connectivity index (χ2n) is 4.04. The first-order valence-electron chi connectivity index (χ1n) is 6.20. The summed E-state index contributed by atoms with van der Waals surface area (Å²) < 4.78 is 10.3. The molecule has 3 heteroatoms. The minimum absolute atomic E-state index is 0.868. The number of hydrogen-bond donors (Lipinski definition) is 1. The summed E-state index contributed by atoms with van der Waals surface area (Å²) in [5, 5.41) is 3.43. The molecule has 0 bridgehead atoms. The van der Waals surface area contributed by atoms with Gasteiger partial charge in [-0.15, -0.1) is 0 Å². The Morgan fingerprint density at radius 2 is 1.88 bits per heavy atom. The van der Waals surface area contributed by atoms with Crippen molar-refractivity contribution in [3.05, 3.63) is 29.8 Å². The van der Waals surface area contributed by atoms with E-state index in [1.54, 1.807) is 14.2 Å². The quantitative estimate of drug-likeness (QED) is 0.670. The van der Waals surface area contributed by atoms with Crippen LogP contribution >= 0.6 is 0 Å². The van der Waals surface area contributed by atoms with E-state index in [1.807, 2.05) is 18.2 Å². The van der Waals surface area contributed by atoms with Gasteiger partial charge in [0.1, 0.15) is 5.75 Å². The van der Waals surface area contributed by atoms with E-state index in [2.05, 4.69) is 11.4 Å². The topological polar surface area (TPSA) is 30.5 Å². The summed E-state index contributed by atoms with van der Waals surface area (Å²) in [6.45, 7) is 2.78. The number of methoxy groups -OCH3 is 2. The van der Waals surface area contributed by atoms with Crippen molar-refractivity contribution in [3.8, 4) is 5.75 Å². The highest BCUT2D eigenvalue weighted by atomic mass is 16.5. The molecule has 3 nitrogen and oxygen atoms in total. The molecule has 1 N–H and O–H groups in total. The highest BCUT2D eigenvalue weighted by molar-refractivity contribution is 5.32. The normalized spacial score (nSPS) is 10.5. The molecule has 0 aromatic heterocycles. The molecule has 1 rings (SSSR count). The number of para-hydroxylation sites is 1. The molecule has 1 aromatic carbocycles. The van der Waals surface area contributed by atoms with Crippen LogP contribution in [-0.4, -0.2) is 27.4 Å². The van der Waals surface area contributed by atoms with Crippen molar-refractivity contribution < 1.29 is 9.47 Å². The molecule has 0 amide bonds. The molecule has 96 valence electrons. The first kappa shape index (κ1) is 14.0. The Labute approximate surface area is 104 Å². The van der Waals surface area contributed by atoms with E-state index in [9.17, 15) is 0 Å². The minimum atomic E-state index is 0.868. The lowest BCUT2D eigenvalue weighted by atomic mass is 10.2. The maximum absolute atomic E-state index is 5.30. The fourth-order valence-electron chi connectivity index (χ4n) is 1.75. The van der Waals surface area contributed by atoms with Crippen molar-refractivity contribution in [1.29, 1.82) is 0 Å². The molecular weight excluding hydrogens is 214 g/mol. The van der Waals surface area contributed by atoms with Crippen molar-refractivity contribution in [2.24, 2.45) is 0 Å². The van der Waals surface area contributed by atoms with Gasteiger partial charge in [0.05, 0.1) is 7.11 Å². The number of ether oxygens (including phenoxy) is 2. The van der Waals surface area contributed by atoms with Crippen LogP contribution in [0.4, 0.5) is 0 Å². The van der Waals surface area contributed by atoms with Crippen LogP contribution in [0, 0.1) is 0 Å². The summed E-state index contributed by atoms with van der Waals surface area (Å²) in [6, 6.07) is 8.12. The number of rotatable bonds is 9. The van der Waals surface area contributed by atoms with E-state index in [1.165, 1.54) is 18.4 Å². The zero-order chi connectivity index (χ0) is 12.3. The van der Waals surface area contributed by atoms with Crippen molar-refractivity contribution in [2.75, 3.05) is 27.4 Å². The van der Waals surface area contributed by atoms with Gasteiger partial charge in [0.15, 0.2) is 0 Å². The largest absolute Gasteiger partial charge is 0.496 e. The van der Waals surface area contributed by atoms with Crippen LogP contribution in [0.25, 0.3) is 0 Å². The highest BCUT2D eigenvalue weighted by Crippen LogP contribution is 2.16. The Morgan fingerprint density at radius 3 is 2.65 bits per heavy atom. The summed E-state index contributed by atoms with van der Waals surface area (Å²) in [4.78, 5) is 0. The lowest BCUT2D eigenvalue weighted by Gasteiger charge is -2.09. The maximum atomic E-state index is 5.30. The molecule has 0 atom stereocenters. The van der Waals surface area contributed by atoms with E-state index in [0.29, 0.717) is 0 Å². The number of hydrogen-bond acceptors (Lipinski definition) is 3. The predicted octanol–water partition coefficient (Wildman–Crippen LogP) is 2.60. The number of benzene rings is 1. The van der Waals surface area contributed by atoms with Crippen LogP contribution in [-0.2, 0) is 11.3 Å². The molecule has 0 unspecified atom stereocenters. The van der Waals surface area contributed by atoms with Gasteiger partial charge in [-0.2, -0.15) is 0 Å². The highest BCUT2D eigenvalue weighted by Gasteiger charge is 1.99. The van der Waals surface area contributed by atoms with E-state index >= 15 is 0 Å². The molecule has 0 saturated heterocycles. The Kier molecular flexibility index (Phi) is 7.43. The van der Waals surface area contributed by atoms with E-state index < -0.39 is 0 Å². The Balaban J connectivity index is 2.13. The Bertz CT molecular complexity index is 302. The average molecular weight is 237 g/mol. The van der Waals surface area contributed by atoms with Crippen LogP contribution in [0.5, 0.6) is 5.75 Å². The molecule has 1 aromatic rings. The molecule has 0 spiro atoms. The fourth-order valence-corrected chi connectivity index (χ4v) is 1.75. The van der Waals surface area contributed by atoms with Gasteiger partial charge in [0.2, 0.25) is 0 Å². The lowest BCUT2D eigenvalue weighted by Crippen LogP contribution is -2.15. The Morgan fingerprint density at radius 1 is 1.06 bits per heavy atom. The van der Waals surface area contributed by atoms with Gasteiger partial charge in [0.25, 0.3) is 0 Å². The second-order valence-corrected chi connectivity index (χ2v) is 4.04. The molecule has 0 radical (unpaired) electrons. The van der Waals surface area contributed by atoms with E-state index in [-0.39, 0.29) is 0 Å². The van der Waals surface area contributed by atoms with Gasteiger partial charge in [-0.05, 0) is 31.9 Å². The zero-order valence-electron chi connectivity index (χ0n) is 10.9. The predicted molar refractivity (Wildman–Crippen MR) is 70.4 cm³/mol. The molecule has 0 aliphatic rings. The third-order valence-electron chi connectivity index (χ3n) is 2.71. The monoisotopic (exact) mass is 237 g/mol. The van der Waals surface area contributed by atoms with Crippen molar-refractivity contribution in [1.82, 2.24) is 5.32 Å². The summed E-state index contributed by atoms with van der Waals surface area (Å²) in [5.41, 5.74) is 1.21. The van der Waals surface area contributed by atoms with Gasteiger partial charge < -0.3 is 14.8 Å². The van der Waals surface area contributed by atoms with Gasteiger partial charge in [0, 0.05) is 25.8 Å². The third kappa shape index (κ3) is 5.71. The van der Waals surface area contributed by atoms with Crippen LogP contribution in [0.2, 0.25) is 0 Å². The fraction of sp³-hybridized carbons (Fsp3) is 0.571. The second kappa shape index (κ2) is 9.02. The molecule has 0 aliphatic carbocycles. The summed E-state index contributed by atoms with van der Waals surface area (Å²) in [5.74, 6) is 0.958. The first-order valence-corrected chi connectivity index (χ1v) is 6.20. The average Bonchev–Trinajstić information content (AvgIpc) is 2.38. The first-order chi connectivity index (χ1) is 8.38. The third-order valence-corrected chi connectivity index (χ3v) is 2.71. The van der Waals surface area contributed by atoms with Crippen molar-refractivity contribution in [2.45, 2.75) is 25.8 Å². The molecule has 0 fully saturated rings. The van der Waals surface area contributed by atoms with E-state index in [0.717, 1.165) is 31.9 Å². The van der Waals surface area contributed by atoms with Crippen LogP contribution in [0.3, 0.4) is 0 Å².